The first-order chi connectivity index (χ1) is 10.1. The number of ether oxygens (including phenoxy) is 1. The van der Waals surface area contributed by atoms with Gasteiger partial charge in [-0.2, -0.15) is 0 Å². The number of benzene rings is 1. The fourth-order valence-electron chi connectivity index (χ4n) is 1.74. The van der Waals surface area contributed by atoms with E-state index in [1.54, 1.807) is 27.7 Å². The molecule has 0 heterocycles. The zero-order chi connectivity index (χ0) is 16.9. The van der Waals surface area contributed by atoms with Gasteiger partial charge < -0.3 is 21.1 Å². The maximum absolute atomic E-state index is 12.9. The number of rotatable bonds is 5. The first kappa shape index (κ1) is 17.7. The highest BCUT2D eigenvalue weighted by molar-refractivity contribution is 5.84. The lowest BCUT2D eigenvalue weighted by Gasteiger charge is -2.26. The molecule has 0 aliphatic heterocycles. The van der Waals surface area contributed by atoms with Gasteiger partial charge in [0.1, 0.15) is 17.5 Å². The zero-order valence-electron chi connectivity index (χ0n) is 13.1. The van der Waals surface area contributed by atoms with Gasteiger partial charge in [-0.05, 0) is 52.0 Å². The predicted molar refractivity (Wildman–Crippen MR) is 81.8 cm³/mol. The number of alkyl carbamates (subject to hydrolysis) is 1. The fourth-order valence-corrected chi connectivity index (χ4v) is 1.74. The zero-order valence-corrected chi connectivity index (χ0v) is 13.1. The molecule has 4 N–H and O–H groups in total. The number of hydrogen-bond donors (Lipinski definition) is 3. The Balaban J connectivity index is 2.71. The van der Waals surface area contributed by atoms with Crippen molar-refractivity contribution < 1.29 is 18.7 Å². The quantitative estimate of drug-likeness (QED) is 0.775. The molecule has 7 heteroatoms. The van der Waals surface area contributed by atoms with Crippen LogP contribution in [0, 0.1) is 5.82 Å². The fraction of sp³-hybridized carbons (Fsp3) is 0.467. The summed E-state index contributed by atoms with van der Waals surface area (Å²) >= 11 is 0. The Morgan fingerprint density at radius 3 is 2.23 bits per heavy atom. The van der Waals surface area contributed by atoms with Gasteiger partial charge in [0, 0.05) is 5.69 Å². The van der Waals surface area contributed by atoms with Gasteiger partial charge in [-0.1, -0.05) is 0 Å². The van der Waals surface area contributed by atoms with Gasteiger partial charge in [0.25, 0.3) is 0 Å². The molecule has 1 aromatic carbocycles. The molecule has 2 atom stereocenters. The van der Waals surface area contributed by atoms with Gasteiger partial charge in [-0.25, -0.2) is 9.18 Å². The van der Waals surface area contributed by atoms with Crippen LogP contribution < -0.4 is 16.4 Å². The lowest BCUT2D eigenvalue weighted by atomic mass is 10.1. The third kappa shape index (κ3) is 5.99. The summed E-state index contributed by atoms with van der Waals surface area (Å²) in [4.78, 5) is 23.3. The summed E-state index contributed by atoms with van der Waals surface area (Å²) in [6, 6.07) is 3.99. The molecule has 0 radical (unpaired) electrons. The van der Waals surface area contributed by atoms with Crippen molar-refractivity contribution in [2.45, 2.75) is 45.4 Å². The van der Waals surface area contributed by atoms with Gasteiger partial charge in [0.15, 0.2) is 0 Å². The summed E-state index contributed by atoms with van der Waals surface area (Å²) in [5.74, 6) is -1.03. The van der Waals surface area contributed by atoms with Gasteiger partial charge in [0.05, 0.1) is 6.04 Å². The summed E-state index contributed by atoms with van der Waals surface area (Å²) in [6.45, 7) is 6.83. The van der Waals surface area contributed by atoms with Crippen molar-refractivity contribution in [2.24, 2.45) is 5.73 Å². The molecule has 1 aromatic rings. The van der Waals surface area contributed by atoms with Crippen molar-refractivity contribution in [1.29, 1.82) is 0 Å². The Hall–Kier alpha value is -2.31. The lowest BCUT2D eigenvalue weighted by Crippen LogP contribution is -2.52. The molecule has 0 aliphatic carbocycles. The number of nitrogens with one attached hydrogen (secondary N) is 2. The third-order valence-corrected chi connectivity index (χ3v) is 2.72. The topological polar surface area (TPSA) is 93.4 Å². The van der Waals surface area contributed by atoms with E-state index < -0.39 is 29.7 Å². The first-order valence-electron chi connectivity index (χ1n) is 6.89. The molecule has 0 spiro atoms. The molecule has 22 heavy (non-hydrogen) atoms. The monoisotopic (exact) mass is 311 g/mol. The van der Waals surface area contributed by atoms with Crippen LogP contribution in [-0.2, 0) is 9.53 Å². The number of anilines is 1. The molecular formula is C15H22FN3O3. The van der Waals surface area contributed by atoms with Crippen molar-refractivity contribution >= 4 is 17.7 Å². The van der Waals surface area contributed by atoms with E-state index in [-0.39, 0.29) is 5.82 Å². The van der Waals surface area contributed by atoms with Crippen molar-refractivity contribution in [3.63, 3.8) is 0 Å². The molecule has 122 valence electrons. The van der Waals surface area contributed by atoms with Crippen LogP contribution in [0.4, 0.5) is 14.9 Å². The maximum Gasteiger partial charge on any atom is 0.407 e. The van der Waals surface area contributed by atoms with Gasteiger partial charge >= 0.3 is 6.09 Å². The van der Waals surface area contributed by atoms with Gasteiger partial charge in [-0.15, -0.1) is 0 Å². The van der Waals surface area contributed by atoms with Crippen LogP contribution in [-0.4, -0.2) is 29.7 Å². The van der Waals surface area contributed by atoms with E-state index >= 15 is 0 Å². The standard InChI is InChI=1S/C15H22FN3O3/c1-9(18-14(21)22-15(2,3)4)12(13(17)20)19-11-7-5-10(16)6-8-11/h5-9,12,19H,1-4H3,(H2,17,20)(H,18,21). The summed E-state index contributed by atoms with van der Waals surface area (Å²) in [7, 11) is 0. The van der Waals surface area contributed by atoms with Crippen LogP contribution in [0.2, 0.25) is 0 Å². The predicted octanol–water partition coefficient (Wildman–Crippen LogP) is 2.00. The van der Waals surface area contributed by atoms with E-state index in [4.69, 9.17) is 10.5 Å². The van der Waals surface area contributed by atoms with E-state index in [1.165, 1.54) is 24.3 Å². The molecule has 0 bridgehead atoms. The van der Waals surface area contributed by atoms with Crippen LogP contribution in [0.3, 0.4) is 0 Å². The normalized spacial score (nSPS) is 13.9. The van der Waals surface area contributed by atoms with E-state index in [0.717, 1.165) is 0 Å². The van der Waals surface area contributed by atoms with Crippen molar-refractivity contribution in [3.05, 3.63) is 30.1 Å². The third-order valence-electron chi connectivity index (χ3n) is 2.72. The Kier molecular flexibility index (Phi) is 5.73. The average Bonchev–Trinajstić information content (AvgIpc) is 2.34. The second-order valence-electron chi connectivity index (χ2n) is 5.97. The number of amides is 2. The molecule has 6 nitrogen and oxygen atoms in total. The highest BCUT2D eigenvalue weighted by Crippen LogP contribution is 2.12. The molecule has 2 amide bonds. The SMILES string of the molecule is CC(NC(=O)OC(C)(C)C)C(Nc1ccc(F)cc1)C(N)=O. The lowest BCUT2D eigenvalue weighted by molar-refractivity contribution is -0.119. The minimum atomic E-state index is -0.863. The smallest absolute Gasteiger partial charge is 0.407 e. The number of nitrogens with two attached hydrogens (primary N) is 1. The number of carbonyl (C=O) groups excluding carboxylic acids is 2. The summed E-state index contributed by atoms with van der Waals surface area (Å²) < 4.78 is 18.0. The van der Waals surface area contributed by atoms with Gasteiger partial charge in [0.2, 0.25) is 5.91 Å². The van der Waals surface area contributed by atoms with Crippen molar-refractivity contribution in [1.82, 2.24) is 5.32 Å². The van der Waals surface area contributed by atoms with E-state index in [1.807, 2.05) is 0 Å². The number of carbonyl (C=O) groups is 2. The highest BCUT2D eigenvalue weighted by atomic mass is 19.1. The number of halogens is 1. The number of hydrogen-bond acceptors (Lipinski definition) is 4. The van der Waals surface area contributed by atoms with E-state index in [9.17, 15) is 14.0 Å². The Morgan fingerprint density at radius 2 is 1.77 bits per heavy atom. The highest BCUT2D eigenvalue weighted by Gasteiger charge is 2.26. The largest absolute Gasteiger partial charge is 0.444 e. The van der Waals surface area contributed by atoms with Crippen LogP contribution in [0.25, 0.3) is 0 Å². The van der Waals surface area contributed by atoms with Crippen LogP contribution in [0.1, 0.15) is 27.7 Å². The van der Waals surface area contributed by atoms with Crippen LogP contribution >= 0.6 is 0 Å². The van der Waals surface area contributed by atoms with Crippen molar-refractivity contribution in [2.75, 3.05) is 5.32 Å². The molecule has 1 rings (SSSR count). The summed E-state index contributed by atoms with van der Waals surface area (Å²) in [5.41, 5.74) is 5.22. The minimum absolute atomic E-state index is 0.388. The minimum Gasteiger partial charge on any atom is -0.444 e. The van der Waals surface area contributed by atoms with Gasteiger partial charge in [-0.3, -0.25) is 4.79 Å². The maximum atomic E-state index is 12.9. The second-order valence-corrected chi connectivity index (χ2v) is 5.97. The molecular weight excluding hydrogens is 289 g/mol. The Bertz CT molecular complexity index is 526. The molecule has 0 saturated heterocycles. The van der Waals surface area contributed by atoms with Crippen molar-refractivity contribution in [3.8, 4) is 0 Å². The molecule has 0 fully saturated rings. The van der Waals surface area contributed by atoms with Crippen LogP contribution in [0.15, 0.2) is 24.3 Å². The molecule has 2 unspecified atom stereocenters. The molecule has 0 aromatic heterocycles. The van der Waals surface area contributed by atoms with E-state index in [0.29, 0.717) is 5.69 Å². The number of primary amides is 1. The summed E-state index contributed by atoms with van der Waals surface area (Å²) in [5, 5.41) is 5.41. The second kappa shape index (κ2) is 7.11. The first-order valence-corrected chi connectivity index (χ1v) is 6.89. The van der Waals surface area contributed by atoms with Crippen LogP contribution in [0.5, 0.6) is 0 Å². The molecule has 0 saturated carbocycles. The van der Waals surface area contributed by atoms with E-state index in [2.05, 4.69) is 10.6 Å². The average molecular weight is 311 g/mol. The Labute approximate surface area is 129 Å². The Morgan fingerprint density at radius 1 is 1.23 bits per heavy atom. The summed E-state index contributed by atoms with van der Waals surface area (Å²) in [6.07, 6.45) is -0.646. The molecule has 0 aliphatic rings.